The van der Waals surface area contributed by atoms with Crippen molar-refractivity contribution in [1.82, 2.24) is 0 Å². The van der Waals surface area contributed by atoms with Crippen LogP contribution in [0.25, 0.3) is 0 Å². The molecule has 0 aliphatic carbocycles. The van der Waals surface area contributed by atoms with Crippen molar-refractivity contribution in [2.45, 2.75) is 59.4 Å². The van der Waals surface area contributed by atoms with E-state index in [1.165, 1.54) is 16.7 Å². The number of alkyl halides is 3. The largest absolute Gasteiger partial charge is 0.741 e. The lowest BCUT2D eigenvalue weighted by Gasteiger charge is -2.08. The molecule has 0 saturated heterocycles. The summed E-state index contributed by atoms with van der Waals surface area (Å²) >= 11 is 0. The van der Waals surface area contributed by atoms with Gasteiger partial charge in [0.2, 0.25) is 0 Å². The molecule has 1 aromatic heterocycles. The van der Waals surface area contributed by atoms with Gasteiger partial charge in [-0.05, 0) is 25.8 Å². The minimum absolute atomic E-state index is 0.992. The van der Waals surface area contributed by atoms with E-state index < -0.39 is 15.6 Å². The highest BCUT2D eigenvalue weighted by atomic mass is 32.2. The van der Waals surface area contributed by atoms with Gasteiger partial charge >= 0.3 is 17.0 Å². The van der Waals surface area contributed by atoms with Crippen molar-refractivity contribution >= 4 is 10.1 Å². The number of halogens is 3. The van der Waals surface area contributed by atoms with E-state index in [0.29, 0.717) is 0 Å². The quantitative estimate of drug-likeness (QED) is 0.357. The monoisotopic (exact) mass is 354 g/mol. The first-order valence-corrected chi connectivity index (χ1v) is 8.27. The second-order valence-corrected chi connectivity index (χ2v) is 6.01. The summed E-state index contributed by atoms with van der Waals surface area (Å²) in [5.41, 5.74) is -1.47. The van der Waals surface area contributed by atoms with Gasteiger partial charge < -0.3 is 4.55 Å². The number of aryl methyl sites for hydroxylation is 2. The highest BCUT2D eigenvalue weighted by molar-refractivity contribution is 7.86. The minimum atomic E-state index is -6.09. The Morgan fingerprint density at radius 1 is 0.955 bits per heavy atom. The lowest BCUT2D eigenvalue weighted by Crippen LogP contribution is -2.21. The average Bonchev–Trinajstić information content (AvgIpc) is 2.38. The molecule has 1 heterocycles. The first kappa shape index (κ1) is 20.9. The average molecular weight is 354 g/mol. The second kappa shape index (κ2) is 7.92. The van der Waals surface area contributed by atoms with Crippen molar-refractivity contribution in [3.8, 4) is 0 Å². The van der Waals surface area contributed by atoms with Gasteiger partial charge in [-0.1, -0.05) is 20.8 Å². The van der Waals surface area contributed by atoms with Gasteiger partial charge in [0.15, 0.2) is 10.1 Å². The number of rotatable bonds is 3. The molecule has 0 amide bonds. The molecule has 0 radical (unpaired) electrons. The van der Waals surface area contributed by atoms with Gasteiger partial charge in [0, 0.05) is 0 Å². The van der Waals surface area contributed by atoms with Crippen molar-refractivity contribution in [2.75, 3.05) is 0 Å². The van der Waals surface area contributed by atoms with E-state index in [0.717, 1.165) is 30.8 Å². The molecule has 1 rings (SSSR count). The SMILES string of the molecule is O=S(=O)([O-])C(F)(F)F.[13CH3][13CH2]c1[13c]([13CH3])[13c]([13CH2][13CH3])[o+][13c]([13CH2][13CH3])[13c]1[13CH3]. The summed E-state index contributed by atoms with van der Waals surface area (Å²) in [4.78, 5) is 0. The molecule has 1 aromatic rings. The van der Waals surface area contributed by atoms with Crippen LogP contribution in [0, 0.1) is 13.8 Å². The fourth-order valence-corrected chi connectivity index (χ4v) is 2.12. The highest BCUT2D eigenvalue weighted by Gasteiger charge is 2.36. The van der Waals surface area contributed by atoms with Gasteiger partial charge in [0.05, 0.1) is 24.0 Å². The van der Waals surface area contributed by atoms with Crippen LogP contribution in [0.15, 0.2) is 4.42 Å². The van der Waals surface area contributed by atoms with Crippen molar-refractivity contribution < 1.29 is 30.6 Å². The van der Waals surface area contributed by atoms with Crippen LogP contribution in [0.5, 0.6) is 0 Å². The molecule has 0 aliphatic heterocycles. The Kier molecular flexibility index (Phi) is 7.50. The Hall–Kier alpha value is -1.15. The standard InChI is InChI=1S/C13H21O.CHF3O3S/c1-6-11-9(4)12(7-2)14-13(8-3)10(11)5;2-1(3,4)8(5,6)7/h6-8H2,1-5H3;(H,5,6,7)/q+1;/p-1/i1+1,2+1,3+1,4+1,5+1,6+1,7+1,8+1,9+1,10+1,12+1,13+1;. The van der Waals surface area contributed by atoms with Crippen LogP contribution >= 0.6 is 0 Å². The molecule has 128 valence electrons. The zero-order chi connectivity index (χ0) is 17.7. The Morgan fingerprint density at radius 2 is 1.27 bits per heavy atom. The molecule has 0 atom stereocenters. The molecule has 0 N–H and O–H groups in total. The Morgan fingerprint density at radius 3 is 1.45 bits per heavy atom. The summed E-state index contributed by atoms with van der Waals surface area (Å²) in [5.74, 6) is 2.31. The van der Waals surface area contributed by atoms with Gasteiger partial charge in [-0.25, -0.2) is 12.8 Å². The summed E-state index contributed by atoms with van der Waals surface area (Å²) in [6.07, 6.45) is 3.09. The molecular weight excluding hydrogens is 333 g/mol. The van der Waals surface area contributed by atoms with E-state index in [4.69, 9.17) is 17.4 Å². The molecule has 22 heavy (non-hydrogen) atoms. The van der Waals surface area contributed by atoms with Gasteiger partial charge in [-0.3, -0.25) is 0 Å². The first-order chi connectivity index (χ1) is 9.90. The molecular formula is C14H21F3O4S. The summed E-state index contributed by atoms with van der Waals surface area (Å²) < 4.78 is 64.8. The Labute approximate surface area is 129 Å². The van der Waals surface area contributed by atoms with Crippen molar-refractivity contribution in [1.29, 1.82) is 0 Å². The number of hydrogen-bond acceptors (Lipinski definition) is 3. The molecule has 4 nitrogen and oxygen atoms in total. The van der Waals surface area contributed by atoms with Crippen molar-refractivity contribution in [3.63, 3.8) is 0 Å². The van der Waals surface area contributed by atoms with Crippen LogP contribution in [0.2, 0.25) is 0 Å². The number of hydrogen-bond donors (Lipinski definition) is 0. The van der Waals surface area contributed by atoms with E-state index in [2.05, 4.69) is 34.6 Å². The maximum atomic E-state index is 10.7. The van der Waals surface area contributed by atoms with Crippen LogP contribution < -0.4 is 0 Å². The third kappa shape index (κ3) is 5.24. The predicted octanol–water partition coefficient (Wildman–Crippen LogP) is 3.92. The fraction of sp³-hybridized carbons (Fsp3) is 0.643. The molecule has 0 bridgehead atoms. The first-order valence-electron chi connectivity index (χ1n) is 6.86. The molecule has 0 fully saturated rings. The fourth-order valence-electron chi connectivity index (χ4n) is 2.12. The van der Waals surface area contributed by atoms with Crippen LogP contribution in [0.4, 0.5) is 13.2 Å². The van der Waals surface area contributed by atoms with Crippen LogP contribution in [0.3, 0.4) is 0 Å². The summed E-state index contributed by atoms with van der Waals surface area (Å²) in [6.45, 7) is 10.9. The summed E-state index contributed by atoms with van der Waals surface area (Å²) in [7, 11) is -6.09. The molecule has 0 saturated carbocycles. The molecule has 0 unspecified atom stereocenters. The van der Waals surface area contributed by atoms with E-state index in [9.17, 15) is 13.2 Å². The third-order valence-electron chi connectivity index (χ3n) is 3.27. The lowest BCUT2D eigenvalue weighted by molar-refractivity contribution is -0.0517. The molecule has 0 aromatic carbocycles. The van der Waals surface area contributed by atoms with E-state index in [-0.39, 0.29) is 0 Å². The maximum Gasteiger partial charge on any atom is 0.485 e. The smallest absolute Gasteiger partial charge is 0.485 e. The zero-order valence-corrected chi connectivity index (χ0v) is 14.1. The van der Waals surface area contributed by atoms with E-state index in [1.54, 1.807) is 0 Å². The predicted molar refractivity (Wildman–Crippen MR) is 76.5 cm³/mol. The van der Waals surface area contributed by atoms with Crippen LogP contribution in [-0.2, 0) is 29.4 Å². The zero-order valence-electron chi connectivity index (χ0n) is 13.3. The third-order valence-corrected chi connectivity index (χ3v) is 3.83. The highest BCUT2D eigenvalue weighted by Crippen LogP contribution is 2.24. The summed E-state index contributed by atoms with van der Waals surface area (Å²) in [6, 6.07) is 0. The van der Waals surface area contributed by atoms with Crippen LogP contribution in [0.1, 0.15) is 49.0 Å². The second-order valence-electron chi connectivity index (χ2n) is 4.64. The maximum absolute atomic E-state index is 10.7. The topological polar surface area (TPSA) is 68.5 Å². The van der Waals surface area contributed by atoms with Gasteiger partial charge in [-0.15, -0.1) is 0 Å². The molecule has 0 spiro atoms. The van der Waals surface area contributed by atoms with E-state index >= 15 is 0 Å². The van der Waals surface area contributed by atoms with Crippen molar-refractivity contribution in [2.24, 2.45) is 0 Å². The molecule has 0 aliphatic rings. The normalized spacial score (nSPS) is 11.9. The molecule has 8 heteroatoms. The van der Waals surface area contributed by atoms with Gasteiger partial charge in [0.25, 0.3) is 0 Å². The Balaban J connectivity index is 0.000000472. The van der Waals surface area contributed by atoms with E-state index in [1.807, 2.05) is 0 Å². The minimum Gasteiger partial charge on any atom is -0.741 e. The Bertz CT molecular complexity index is 579. The summed E-state index contributed by atoms with van der Waals surface area (Å²) in [5, 5.41) is 0. The van der Waals surface area contributed by atoms with Gasteiger partial charge in [0.1, 0.15) is 0 Å². The van der Waals surface area contributed by atoms with Crippen LogP contribution in [-0.4, -0.2) is 18.5 Å². The lowest BCUT2D eigenvalue weighted by atomic mass is 10.6. The van der Waals surface area contributed by atoms with Crippen molar-refractivity contribution in [3.05, 3.63) is 28.2 Å². The van der Waals surface area contributed by atoms with Gasteiger partial charge in [-0.2, -0.15) is 13.2 Å².